The molecule has 4 aliphatic carbocycles. The summed E-state index contributed by atoms with van der Waals surface area (Å²) in [6, 6.07) is 2.15. The molecule has 4 aliphatic rings. The van der Waals surface area contributed by atoms with E-state index < -0.39 is 11.2 Å². The van der Waals surface area contributed by atoms with Gasteiger partial charge >= 0.3 is 0 Å². The Morgan fingerprint density at radius 2 is 1.94 bits per heavy atom. The number of nitriles is 1. The van der Waals surface area contributed by atoms with Crippen molar-refractivity contribution in [2.45, 2.75) is 122 Å². The quantitative estimate of drug-likeness (QED) is 0.515. The molecular weight excluding hydrogens is 434 g/mol. The molecule has 5 rings (SSSR count). The monoisotopic (exact) mass is 481 g/mol. The molecule has 4 fully saturated rings. The summed E-state index contributed by atoms with van der Waals surface area (Å²) in [6.45, 7) is 9.57. The second-order valence-electron chi connectivity index (χ2n) is 13.5. The maximum atomic E-state index is 11.8. The van der Waals surface area contributed by atoms with Crippen LogP contribution >= 0.6 is 0 Å². The van der Waals surface area contributed by atoms with Crippen molar-refractivity contribution >= 4 is 0 Å². The molecule has 0 unspecified atom stereocenters. The van der Waals surface area contributed by atoms with E-state index >= 15 is 0 Å². The zero-order valence-electron chi connectivity index (χ0n) is 22.5. The lowest BCUT2D eigenvalue weighted by molar-refractivity contribution is -0.170. The van der Waals surface area contributed by atoms with Crippen LogP contribution in [0.3, 0.4) is 0 Å². The van der Waals surface area contributed by atoms with E-state index in [-0.39, 0.29) is 11.3 Å². The normalized spacial score (nSPS) is 44.5. The minimum absolute atomic E-state index is 0.162. The first-order chi connectivity index (χ1) is 16.6. The van der Waals surface area contributed by atoms with Gasteiger partial charge in [-0.3, -0.25) is 4.68 Å². The lowest BCUT2D eigenvalue weighted by Gasteiger charge is -2.63. The molecule has 0 bridgehead atoms. The van der Waals surface area contributed by atoms with Crippen molar-refractivity contribution < 1.29 is 10.2 Å². The van der Waals surface area contributed by atoms with Gasteiger partial charge in [-0.05, 0) is 118 Å². The zero-order chi connectivity index (χ0) is 25.1. The second kappa shape index (κ2) is 8.88. The van der Waals surface area contributed by atoms with Gasteiger partial charge in [0.25, 0.3) is 0 Å². The van der Waals surface area contributed by atoms with Crippen molar-refractivity contribution in [3.05, 3.63) is 18.0 Å². The molecule has 1 aromatic rings. The lowest BCUT2D eigenvalue weighted by Crippen LogP contribution is -2.58. The Balaban J connectivity index is 1.36. The van der Waals surface area contributed by atoms with Gasteiger partial charge in [0, 0.05) is 6.20 Å². The molecule has 35 heavy (non-hydrogen) atoms. The number of nitrogens with zero attached hydrogens (tertiary/aromatic N) is 3. The predicted molar refractivity (Wildman–Crippen MR) is 137 cm³/mol. The molecule has 4 saturated carbocycles. The highest BCUT2D eigenvalue weighted by molar-refractivity contribution is 5.22. The first-order valence-electron chi connectivity index (χ1n) is 14.5. The highest BCUT2D eigenvalue weighted by atomic mass is 16.3. The summed E-state index contributed by atoms with van der Waals surface area (Å²) >= 11 is 0. The molecule has 5 heteroatoms. The summed E-state index contributed by atoms with van der Waals surface area (Å²) < 4.78 is 1.76. The molecule has 0 saturated heterocycles. The van der Waals surface area contributed by atoms with E-state index in [2.05, 4.69) is 31.9 Å². The van der Waals surface area contributed by atoms with Gasteiger partial charge in [-0.1, -0.05) is 27.2 Å². The van der Waals surface area contributed by atoms with Crippen LogP contribution in [0.25, 0.3) is 0 Å². The van der Waals surface area contributed by atoms with Crippen LogP contribution < -0.4 is 0 Å². The molecule has 9 atom stereocenters. The van der Waals surface area contributed by atoms with Gasteiger partial charge in [0.15, 0.2) is 0 Å². The van der Waals surface area contributed by atoms with E-state index in [0.29, 0.717) is 29.4 Å². The van der Waals surface area contributed by atoms with Crippen LogP contribution in [0.4, 0.5) is 0 Å². The van der Waals surface area contributed by atoms with Gasteiger partial charge in [0.05, 0.1) is 29.5 Å². The third-order valence-corrected chi connectivity index (χ3v) is 11.9. The Labute approximate surface area is 212 Å². The third-order valence-electron chi connectivity index (χ3n) is 11.9. The molecule has 194 valence electrons. The molecule has 1 heterocycles. The fourth-order valence-corrected chi connectivity index (χ4v) is 10.5. The van der Waals surface area contributed by atoms with Gasteiger partial charge in [-0.2, -0.15) is 10.4 Å². The standard InChI is InChI=1S/C30H47N3O2/c1-5-12-29(35)14-15-30(6-2)22(16-29)7-8-23-24-9-10-26(27(24,3)13-11-25(23)30)28(4,34)20-33-19-21(17-31)18-32-33/h18-19,22-26,34-35H,5-16,20H2,1-4H3/t22-,23+,24+,25+,26+,27+,28-,29-,30+/m1/s1. The Hall–Kier alpha value is -1.38. The SMILES string of the molecule is CCC[C@@]1(O)CC[C@@]2(CC)[C@H](CC[C@H]3[C@@H]4CC[C@H]([C@](C)(O)Cn5cc(C#N)cn5)[C@@]4(C)CC[C@@H]32)C1. The van der Waals surface area contributed by atoms with Crippen molar-refractivity contribution in [3.63, 3.8) is 0 Å². The van der Waals surface area contributed by atoms with Crippen molar-refractivity contribution in [2.75, 3.05) is 0 Å². The number of hydrogen-bond donors (Lipinski definition) is 2. The first kappa shape index (κ1) is 25.3. The molecule has 0 spiro atoms. The van der Waals surface area contributed by atoms with E-state index in [1.165, 1.54) is 44.9 Å². The van der Waals surface area contributed by atoms with E-state index in [4.69, 9.17) is 5.26 Å². The highest BCUT2D eigenvalue weighted by Gasteiger charge is 2.63. The Morgan fingerprint density at radius 1 is 1.14 bits per heavy atom. The fraction of sp³-hybridized carbons (Fsp3) is 0.867. The van der Waals surface area contributed by atoms with Gasteiger partial charge < -0.3 is 10.2 Å². The van der Waals surface area contributed by atoms with Crippen LogP contribution in [0, 0.1) is 51.8 Å². The molecular formula is C30H47N3O2. The smallest absolute Gasteiger partial charge is 0.102 e. The Bertz CT molecular complexity index is 965. The molecule has 0 aromatic carbocycles. The van der Waals surface area contributed by atoms with E-state index in [9.17, 15) is 10.2 Å². The summed E-state index contributed by atoms with van der Waals surface area (Å²) in [4.78, 5) is 0. The van der Waals surface area contributed by atoms with Crippen LogP contribution in [0.2, 0.25) is 0 Å². The van der Waals surface area contributed by atoms with Crippen molar-refractivity contribution in [1.29, 1.82) is 5.26 Å². The fourth-order valence-electron chi connectivity index (χ4n) is 10.5. The summed E-state index contributed by atoms with van der Waals surface area (Å²) in [7, 11) is 0. The maximum absolute atomic E-state index is 11.8. The van der Waals surface area contributed by atoms with Crippen molar-refractivity contribution in [2.24, 2.45) is 40.4 Å². The van der Waals surface area contributed by atoms with Crippen molar-refractivity contribution in [1.82, 2.24) is 9.78 Å². The van der Waals surface area contributed by atoms with Crippen LogP contribution in [0.5, 0.6) is 0 Å². The number of fused-ring (bicyclic) bond motifs is 5. The van der Waals surface area contributed by atoms with Gasteiger partial charge in [0.1, 0.15) is 6.07 Å². The molecule has 5 nitrogen and oxygen atoms in total. The van der Waals surface area contributed by atoms with E-state index in [1.54, 1.807) is 17.1 Å². The first-order valence-corrected chi connectivity index (χ1v) is 14.5. The number of hydrogen-bond acceptors (Lipinski definition) is 4. The molecule has 0 radical (unpaired) electrons. The average molecular weight is 482 g/mol. The summed E-state index contributed by atoms with van der Waals surface area (Å²) in [6.07, 6.45) is 17.2. The minimum Gasteiger partial charge on any atom is -0.390 e. The number of rotatable bonds is 6. The Morgan fingerprint density at radius 3 is 2.63 bits per heavy atom. The lowest BCUT2D eigenvalue weighted by atomic mass is 9.42. The second-order valence-corrected chi connectivity index (χ2v) is 13.5. The maximum Gasteiger partial charge on any atom is 0.102 e. The Kier molecular flexibility index (Phi) is 6.41. The average Bonchev–Trinajstić information content (AvgIpc) is 3.42. The van der Waals surface area contributed by atoms with Gasteiger partial charge in [0.2, 0.25) is 0 Å². The van der Waals surface area contributed by atoms with Crippen LogP contribution in [0.15, 0.2) is 12.4 Å². The largest absolute Gasteiger partial charge is 0.390 e. The highest BCUT2D eigenvalue weighted by Crippen LogP contribution is 2.70. The minimum atomic E-state index is -0.837. The number of aromatic nitrogens is 2. The van der Waals surface area contributed by atoms with Crippen molar-refractivity contribution in [3.8, 4) is 6.07 Å². The third kappa shape index (κ3) is 3.98. The molecule has 1 aromatic heterocycles. The van der Waals surface area contributed by atoms with Crippen LogP contribution in [0.1, 0.15) is 110 Å². The van der Waals surface area contributed by atoms with E-state index in [0.717, 1.165) is 43.9 Å². The van der Waals surface area contributed by atoms with E-state index in [1.807, 2.05) is 6.92 Å². The number of aliphatic hydroxyl groups is 2. The van der Waals surface area contributed by atoms with Gasteiger partial charge in [-0.25, -0.2) is 0 Å². The summed E-state index contributed by atoms with van der Waals surface area (Å²) in [5, 5.41) is 36.6. The molecule has 0 aliphatic heterocycles. The topological polar surface area (TPSA) is 82.1 Å². The van der Waals surface area contributed by atoms with Gasteiger partial charge in [-0.15, -0.1) is 0 Å². The zero-order valence-corrected chi connectivity index (χ0v) is 22.5. The summed E-state index contributed by atoms with van der Waals surface area (Å²) in [5.74, 6) is 3.16. The molecule has 2 N–H and O–H groups in total. The van der Waals surface area contributed by atoms with Crippen LogP contribution in [-0.2, 0) is 6.54 Å². The van der Waals surface area contributed by atoms with Crippen LogP contribution in [-0.4, -0.2) is 31.2 Å². The summed E-state index contributed by atoms with van der Waals surface area (Å²) in [5.41, 5.74) is -0.140. The predicted octanol–water partition coefficient (Wildman–Crippen LogP) is 6.09. The molecule has 0 amide bonds.